The van der Waals surface area contributed by atoms with Gasteiger partial charge < -0.3 is 19.3 Å². The van der Waals surface area contributed by atoms with E-state index < -0.39 is 5.60 Å². The Hall–Kier alpha value is -1.80. The second-order valence-corrected chi connectivity index (χ2v) is 8.91. The maximum atomic E-state index is 12.5. The summed E-state index contributed by atoms with van der Waals surface area (Å²) in [5, 5.41) is 1.34. The number of rotatable bonds is 0. The number of carbonyl (C=O) groups is 1. The topological polar surface area (TPSA) is 67.8 Å². The lowest BCUT2D eigenvalue weighted by atomic mass is 10.1. The van der Waals surface area contributed by atoms with Crippen molar-refractivity contribution in [2.45, 2.75) is 32.4 Å². The summed E-state index contributed by atoms with van der Waals surface area (Å²) in [6.45, 7) is 7.72. The van der Waals surface area contributed by atoms with Crippen molar-refractivity contribution in [1.82, 2.24) is 14.9 Å². The minimum absolute atomic E-state index is 0.0330. The second-order valence-electron chi connectivity index (χ2n) is 7.68. The number of benzene rings is 1. The highest BCUT2D eigenvalue weighted by Crippen LogP contribution is 2.42. The van der Waals surface area contributed by atoms with Crippen LogP contribution in [0.5, 0.6) is 5.75 Å². The average Bonchev–Trinajstić information content (AvgIpc) is 2.76. The Balaban J connectivity index is 1.67. The van der Waals surface area contributed by atoms with Crippen LogP contribution in [-0.2, 0) is 4.74 Å². The first-order valence-electron chi connectivity index (χ1n) is 8.74. The maximum absolute atomic E-state index is 12.5. The fourth-order valence-electron chi connectivity index (χ4n) is 3.42. The van der Waals surface area contributed by atoms with Crippen molar-refractivity contribution in [3.8, 4) is 5.75 Å². The normalized spacial score (nSPS) is 19.4. The zero-order valence-corrected chi connectivity index (χ0v) is 17.7. The molecule has 0 bridgehead atoms. The van der Waals surface area contributed by atoms with E-state index in [1.807, 2.05) is 26.8 Å². The number of anilines is 1. The highest BCUT2D eigenvalue weighted by molar-refractivity contribution is 9.10. The molecule has 1 fully saturated rings. The van der Waals surface area contributed by atoms with Gasteiger partial charge in [0.25, 0.3) is 0 Å². The fraction of sp³-hybridized carbons (Fsp3) is 0.500. The third kappa shape index (κ3) is 3.40. The number of piperazine rings is 1. The summed E-state index contributed by atoms with van der Waals surface area (Å²) < 4.78 is 12.3. The van der Waals surface area contributed by atoms with E-state index in [4.69, 9.17) is 21.1 Å². The molecule has 1 amide bonds. The lowest BCUT2D eigenvalue weighted by Crippen LogP contribution is -2.57. The first-order chi connectivity index (χ1) is 12.7. The number of ether oxygens (including phenoxy) is 2. The Bertz CT molecular complexity index is 918. The molecule has 2 aliphatic rings. The van der Waals surface area contributed by atoms with Gasteiger partial charge in [0.05, 0.1) is 22.0 Å². The van der Waals surface area contributed by atoms with Gasteiger partial charge in [-0.05, 0) is 42.8 Å². The summed E-state index contributed by atoms with van der Waals surface area (Å²) in [4.78, 5) is 25.2. The van der Waals surface area contributed by atoms with Gasteiger partial charge in [0, 0.05) is 24.1 Å². The van der Waals surface area contributed by atoms with Gasteiger partial charge in [0.15, 0.2) is 0 Å². The standard InChI is InChI=1S/C18H20BrClN4O3/c1-18(2,3)27-17(25)23-4-5-24-10(7-23)8-26-12-6-11(19)14(20)15-13(12)16(24)22-9-21-15/h6,9-10H,4-5,7-8H2,1-3H3/t10-/m0/s1. The van der Waals surface area contributed by atoms with Gasteiger partial charge in [-0.1, -0.05) is 11.6 Å². The Morgan fingerprint density at radius 3 is 2.89 bits per heavy atom. The van der Waals surface area contributed by atoms with E-state index in [2.05, 4.69) is 30.8 Å². The van der Waals surface area contributed by atoms with Gasteiger partial charge in [-0.15, -0.1) is 0 Å². The largest absolute Gasteiger partial charge is 0.490 e. The van der Waals surface area contributed by atoms with Crippen LogP contribution < -0.4 is 9.64 Å². The van der Waals surface area contributed by atoms with Gasteiger partial charge in [-0.3, -0.25) is 0 Å². The molecular formula is C18H20BrClN4O3. The molecule has 27 heavy (non-hydrogen) atoms. The molecule has 0 saturated carbocycles. The molecule has 144 valence electrons. The van der Waals surface area contributed by atoms with Crippen LogP contribution >= 0.6 is 27.5 Å². The monoisotopic (exact) mass is 454 g/mol. The molecule has 2 aromatic rings. The molecule has 0 spiro atoms. The van der Waals surface area contributed by atoms with E-state index in [1.54, 1.807) is 4.90 Å². The van der Waals surface area contributed by atoms with Gasteiger partial charge in [0.1, 0.15) is 30.1 Å². The molecule has 1 saturated heterocycles. The summed E-state index contributed by atoms with van der Waals surface area (Å²) in [7, 11) is 0. The third-order valence-electron chi connectivity index (χ3n) is 4.59. The summed E-state index contributed by atoms with van der Waals surface area (Å²) >= 11 is 9.89. The number of carbonyl (C=O) groups excluding carboxylic acids is 1. The Kier molecular flexibility index (Phi) is 4.58. The van der Waals surface area contributed by atoms with E-state index in [0.29, 0.717) is 42.5 Å². The second kappa shape index (κ2) is 6.67. The predicted octanol–water partition coefficient (Wildman–Crippen LogP) is 3.86. The lowest BCUT2D eigenvalue weighted by molar-refractivity contribution is 0.0202. The van der Waals surface area contributed by atoms with Crippen molar-refractivity contribution >= 4 is 50.3 Å². The molecule has 0 N–H and O–H groups in total. The Morgan fingerprint density at radius 1 is 1.37 bits per heavy atom. The molecule has 7 nitrogen and oxygen atoms in total. The van der Waals surface area contributed by atoms with Crippen molar-refractivity contribution in [3.05, 3.63) is 21.9 Å². The molecule has 0 unspecified atom stereocenters. The van der Waals surface area contributed by atoms with Crippen LogP contribution in [0.2, 0.25) is 5.02 Å². The number of fused-ring (bicyclic) bond motifs is 2. The summed E-state index contributed by atoms with van der Waals surface area (Å²) in [6, 6.07) is 1.82. The number of hydrogen-bond donors (Lipinski definition) is 0. The van der Waals surface area contributed by atoms with Crippen LogP contribution in [0.1, 0.15) is 20.8 Å². The number of amides is 1. The number of nitrogens with zero attached hydrogens (tertiary/aromatic N) is 4. The van der Waals surface area contributed by atoms with Crippen LogP contribution in [0.25, 0.3) is 10.9 Å². The van der Waals surface area contributed by atoms with E-state index >= 15 is 0 Å². The van der Waals surface area contributed by atoms with Crippen LogP contribution in [0, 0.1) is 0 Å². The first-order valence-corrected chi connectivity index (χ1v) is 9.92. The van der Waals surface area contributed by atoms with E-state index in [1.165, 1.54) is 6.33 Å². The van der Waals surface area contributed by atoms with Crippen molar-refractivity contribution in [3.63, 3.8) is 0 Å². The molecule has 9 heteroatoms. The van der Waals surface area contributed by atoms with Gasteiger partial charge in [0.2, 0.25) is 0 Å². The molecule has 2 aliphatic heterocycles. The maximum Gasteiger partial charge on any atom is 0.410 e. The average molecular weight is 456 g/mol. The first kappa shape index (κ1) is 18.6. The van der Waals surface area contributed by atoms with E-state index in [-0.39, 0.29) is 12.1 Å². The van der Waals surface area contributed by atoms with Crippen LogP contribution in [-0.4, -0.2) is 58.8 Å². The summed E-state index contributed by atoms with van der Waals surface area (Å²) in [6.07, 6.45) is 1.21. The SMILES string of the molecule is CC(C)(C)OC(=O)N1CCN2c3ncnc4c(Cl)c(Br)cc(c34)OC[C@@H]2C1. The predicted molar refractivity (Wildman–Crippen MR) is 107 cm³/mol. The van der Waals surface area contributed by atoms with Crippen LogP contribution in [0.3, 0.4) is 0 Å². The van der Waals surface area contributed by atoms with Crippen molar-refractivity contribution in [1.29, 1.82) is 0 Å². The minimum atomic E-state index is -0.522. The Labute approximate surface area is 170 Å². The lowest BCUT2D eigenvalue weighted by Gasteiger charge is -2.41. The quantitative estimate of drug-likeness (QED) is 0.601. The zero-order chi connectivity index (χ0) is 19.3. The highest BCUT2D eigenvalue weighted by Gasteiger charge is 2.36. The van der Waals surface area contributed by atoms with Crippen molar-refractivity contribution < 1.29 is 14.3 Å². The molecule has 0 aliphatic carbocycles. The van der Waals surface area contributed by atoms with Crippen molar-refractivity contribution in [2.24, 2.45) is 0 Å². The molecule has 0 radical (unpaired) electrons. The highest BCUT2D eigenvalue weighted by atomic mass is 79.9. The van der Waals surface area contributed by atoms with Gasteiger partial charge in [-0.2, -0.15) is 0 Å². The minimum Gasteiger partial charge on any atom is -0.490 e. The van der Waals surface area contributed by atoms with Crippen molar-refractivity contribution in [2.75, 3.05) is 31.1 Å². The van der Waals surface area contributed by atoms with Crippen LogP contribution in [0.4, 0.5) is 10.6 Å². The van der Waals surface area contributed by atoms with E-state index in [0.717, 1.165) is 15.7 Å². The number of hydrogen-bond acceptors (Lipinski definition) is 6. The molecule has 3 heterocycles. The smallest absolute Gasteiger partial charge is 0.410 e. The molecule has 1 aromatic heterocycles. The van der Waals surface area contributed by atoms with Crippen LogP contribution in [0.15, 0.2) is 16.9 Å². The van der Waals surface area contributed by atoms with Gasteiger partial charge in [-0.25, -0.2) is 14.8 Å². The summed E-state index contributed by atoms with van der Waals surface area (Å²) in [5.41, 5.74) is 0.132. The molecule has 4 rings (SSSR count). The zero-order valence-electron chi connectivity index (χ0n) is 15.3. The third-order valence-corrected chi connectivity index (χ3v) is 5.82. The summed E-state index contributed by atoms with van der Waals surface area (Å²) in [5.74, 6) is 1.48. The molecule has 1 atom stereocenters. The number of aromatic nitrogens is 2. The fourth-order valence-corrected chi connectivity index (χ4v) is 4.01. The van der Waals surface area contributed by atoms with E-state index in [9.17, 15) is 4.79 Å². The van der Waals surface area contributed by atoms with Gasteiger partial charge >= 0.3 is 6.09 Å². The number of halogens is 2. The molecular weight excluding hydrogens is 436 g/mol. The molecule has 1 aromatic carbocycles. The Morgan fingerprint density at radius 2 is 2.15 bits per heavy atom.